The number of nitrogens with one attached hydrogen (secondary N) is 1. The van der Waals surface area contributed by atoms with Crippen LogP contribution in [0.15, 0.2) is 6.07 Å². The first kappa shape index (κ1) is 15.5. The minimum atomic E-state index is -0.943. The van der Waals surface area contributed by atoms with E-state index in [1.807, 2.05) is 27.7 Å². The van der Waals surface area contributed by atoms with Gasteiger partial charge in [0.25, 0.3) is 5.91 Å². The third kappa shape index (κ3) is 3.25. The SMILES string of the molecule is CC1CCN(C(=O)c2cc(C(C)(C)C)[nH]n2)C(C(=O)O)C1. The van der Waals surface area contributed by atoms with Gasteiger partial charge < -0.3 is 10.0 Å². The fourth-order valence-corrected chi connectivity index (χ4v) is 2.58. The van der Waals surface area contributed by atoms with Crippen molar-refractivity contribution in [1.29, 1.82) is 0 Å². The second-order valence-corrected chi connectivity index (χ2v) is 6.90. The Bertz CT molecular complexity index is 545. The van der Waals surface area contributed by atoms with Gasteiger partial charge in [-0.2, -0.15) is 5.10 Å². The van der Waals surface area contributed by atoms with Crippen LogP contribution in [0, 0.1) is 5.92 Å². The molecule has 2 N–H and O–H groups in total. The Morgan fingerprint density at radius 2 is 2.10 bits per heavy atom. The number of carboxylic acid groups (broad SMARTS) is 1. The summed E-state index contributed by atoms with van der Waals surface area (Å²) in [5.41, 5.74) is 1.03. The van der Waals surface area contributed by atoms with Crippen molar-refractivity contribution in [1.82, 2.24) is 15.1 Å². The highest BCUT2D eigenvalue weighted by Gasteiger charge is 2.36. The number of hydrogen-bond acceptors (Lipinski definition) is 3. The van der Waals surface area contributed by atoms with Crippen molar-refractivity contribution in [3.05, 3.63) is 17.5 Å². The van der Waals surface area contributed by atoms with Crippen molar-refractivity contribution in [2.24, 2.45) is 5.92 Å². The van der Waals surface area contributed by atoms with Crippen LogP contribution in [0.5, 0.6) is 0 Å². The van der Waals surface area contributed by atoms with Gasteiger partial charge >= 0.3 is 5.97 Å². The molecular formula is C15H23N3O3. The molecule has 2 atom stereocenters. The zero-order chi connectivity index (χ0) is 15.8. The summed E-state index contributed by atoms with van der Waals surface area (Å²) in [7, 11) is 0. The van der Waals surface area contributed by atoms with E-state index < -0.39 is 12.0 Å². The molecule has 1 aromatic rings. The molecule has 6 nitrogen and oxygen atoms in total. The van der Waals surface area contributed by atoms with E-state index in [0.29, 0.717) is 24.6 Å². The van der Waals surface area contributed by atoms with Crippen molar-refractivity contribution < 1.29 is 14.7 Å². The Balaban J connectivity index is 2.22. The lowest BCUT2D eigenvalue weighted by atomic mass is 9.91. The van der Waals surface area contributed by atoms with Gasteiger partial charge in [-0.25, -0.2) is 4.79 Å². The van der Waals surface area contributed by atoms with Gasteiger partial charge in [-0.15, -0.1) is 0 Å². The first-order chi connectivity index (χ1) is 9.70. The highest BCUT2D eigenvalue weighted by atomic mass is 16.4. The number of nitrogens with zero attached hydrogens (tertiary/aromatic N) is 2. The molecule has 116 valence electrons. The largest absolute Gasteiger partial charge is 0.480 e. The number of piperidine rings is 1. The lowest BCUT2D eigenvalue weighted by Crippen LogP contribution is -2.49. The molecule has 0 aliphatic carbocycles. The van der Waals surface area contributed by atoms with Crippen LogP contribution in [-0.2, 0) is 10.2 Å². The molecule has 0 bridgehead atoms. The van der Waals surface area contributed by atoms with Gasteiger partial charge in [0.15, 0.2) is 0 Å². The van der Waals surface area contributed by atoms with Crippen LogP contribution in [-0.4, -0.2) is 44.7 Å². The molecule has 1 amide bonds. The lowest BCUT2D eigenvalue weighted by Gasteiger charge is -2.35. The molecule has 1 saturated heterocycles. The Morgan fingerprint density at radius 1 is 1.43 bits per heavy atom. The van der Waals surface area contributed by atoms with Crippen LogP contribution in [0.3, 0.4) is 0 Å². The highest BCUT2D eigenvalue weighted by Crippen LogP contribution is 2.25. The maximum absolute atomic E-state index is 12.5. The molecule has 2 heterocycles. The van der Waals surface area contributed by atoms with Crippen LogP contribution in [0.2, 0.25) is 0 Å². The maximum Gasteiger partial charge on any atom is 0.326 e. The second-order valence-electron chi connectivity index (χ2n) is 6.90. The topological polar surface area (TPSA) is 86.3 Å². The fourth-order valence-electron chi connectivity index (χ4n) is 2.58. The monoisotopic (exact) mass is 293 g/mol. The van der Waals surface area contributed by atoms with Gasteiger partial charge in [-0.1, -0.05) is 27.7 Å². The Kier molecular flexibility index (Phi) is 4.07. The predicted octanol–water partition coefficient (Wildman–Crippen LogP) is 2.03. The molecule has 0 aromatic carbocycles. The fraction of sp³-hybridized carbons (Fsp3) is 0.667. The van der Waals surface area contributed by atoms with Gasteiger partial charge in [0.05, 0.1) is 0 Å². The summed E-state index contributed by atoms with van der Waals surface area (Å²) in [6.07, 6.45) is 1.32. The molecule has 2 rings (SSSR count). The van der Waals surface area contributed by atoms with Crippen LogP contribution in [0.1, 0.15) is 56.7 Å². The molecule has 0 saturated carbocycles. The minimum Gasteiger partial charge on any atom is -0.480 e. The number of aromatic nitrogens is 2. The molecule has 1 aliphatic rings. The molecule has 21 heavy (non-hydrogen) atoms. The zero-order valence-electron chi connectivity index (χ0n) is 13.0. The number of aromatic amines is 1. The predicted molar refractivity (Wildman–Crippen MR) is 78.1 cm³/mol. The van der Waals surface area contributed by atoms with E-state index in [1.54, 1.807) is 6.07 Å². The minimum absolute atomic E-state index is 0.131. The summed E-state index contributed by atoms with van der Waals surface area (Å²) < 4.78 is 0. The number of aliphatic carboxylic acids is 1. The smallest absolute Gasteiger partial charge is 0.326 e. The number of carboxylic acids is 1. The summed E-state index contributed by atoms with van der Waals surface area (Å²) >= 11 is 0. The summed E-state index contributed by atoms with van der Waals surface area (Å²) in [4.78, 5) is 25.4. The third-order valence-corrected chi connectivity index (χ3v) is 4.02. The maximum atomic E-state index is 12.5. The van der Waals surface area contributed by atoms with Crippen molar-refractivity contribution >= 4 is 11.9 Å². The van der Waals surface area contributed by atoms with E-state index in [9.17, 15) is 14.7 Å². The van der Waals surface area contributed by atoms with E-state index in [2.05, 4.69) is 10.2 Å². The normalized spacial score (nSPS) is 23.1. The molecule has 1 aliphatic heterocycles. The number of hydrogen-bond donors (Lipinski definition) is 2. The van der Waals surface area contributed by atoms with E-state index in [1.165, 1.54) is 4.90 Å². The average molecular weight is 293 g/mol. The Labute approximate surface area is 124 Å². The van der Waals surface area contributed by atoms with Gasteiger partial charge in [-0.05, 0) is 24.8 Å². The van der Waals surface area contributed by atoms with Gasteiger partial charge in [0, 0.05) is 17.7 Å². The zero-order valence-corrected chi connectivity index (χ0v) is 13.0. The second kappa shape index (κ2) is 5.50. The quantitative estimate of drug-likeness (QED) is 0.873. The molecular weight excluding hydrogens is 270 g/mol. The van der Waals surface area contributed by atoms with Crippen molar-refractivity contribution in [2.45, 2.75) is 52.0 Å². The number of carbonyl (C=O) groups is 2. The Morgan fingerprint density at radius 3 is 2.62 bits per heavy atom. The standard InChI is InChI=1S/C15H23N3O3/c1-9-5-6-18(11(7-9)14(20)21)13(19)10-8-12(17-16-10)15(2,3)4/h8-9,11H,5-7H2,1-4H3,(H,16,17)(H,20,21). The van der Waals surface area contributed by atoms with E-state index in [0.717, 1.165) is 12.1 Å². The Hall–Kier alpha value is -1.85. The molecule has 1 aromatic heterocycles. The van der Waals surface area contributed by atoms with Crippen LogP contribution in [0.4, 0.5) is 0 Å². The average Bonchev–Trinajstić information content (AvgIpc) is 2.87. The summed E-state index contributed by atoms with van der Waals surface area (Å²) in [5.74, 6) is -0.929. The molecule has 0 radical (unpaired) electrons. The van der Waals surface area contributed by atoms with E-state index in [4.69, 9.17) is 0 Å². The summed E-state index contributed by atoms with van der Waals surface area (Å²) in [6.45, 7) is 8.56. The lowest BCUT2D eigenvalue weighted by molar-refractivity contribution is -0.144. The molecule has 0 spiro atoms. The number of likely N-dealkylation sites (tertiary alicyclic amines) is 1. The van der Waals surface area contributed by atoms with Crippen molar-refractivity contribution in [2.75, 3.05) is 6.54 Å². The van der Waals surface area contributed by atoms with Crippen molar-refractivity contribution in [3.8, 4) is 0 Å². The summed E-state index contributed by atoms with van der Waals surface area (Å²) in [5, 5.41) is 16.3. The molecule has 1 fully saturated rings. The van der Waals surface area contributed by atoms with Gasteiger partial charge in [-0.3, -0.25) is 9.89 Å². The first-order valence-corrected chi connectivity index (χ1v) is 7.30. The van der Waals surface area contributed by atoms with Crippen LogP contribution in [0.25, 0.3) is 0 Å². The highest BCUT2D eigenvalue weighted by molar-refractivity contribution is 5.95. The number of carbonyl (C=O) groups excluding carboxylic acids is 1. The molecule has 6 heteroatoms. The van der Waals surface area contributed by atoms with E-state index in [-0.39, 0.29) is 11.3 Å². The first-order valence-electron chi connectivity index (χ1n) is 7.30. The van der Waals surface area contributed by atoms with Crippen LogP contribution >= 0.6 is 0 Å². The summed E-state index contributed by atoms with van der Waals surface area (Å²) in [6, 6.07) is 0.968. The number of H-pyrrole nitrogens is 1. The van der Waals surface area contributed by atoms with Gasteiger partial charge in [0.1, 0.15) is 11.7 Å². The third-order valence-electron chi connectivity index (χ3n) is 4.02. The molecule has 2 unspecified atom stereocenters. The number of rotatable bonds is 2. The number of amides is 1. The van der Waals surface area contributed by atoms with E-state index >= 15 is 0 Å². The van der Waals surface area contributed by atoms with Gasteiger partial charge in [0.2, 0.25) is 0 Å². The van der Waals surface area contributed by atoms with Crippen LogP contribution < -0.4 is 0 Å². The van der Waals surface area contributed by atoms with Crippen molar-refractivity contribution in [3.63, 3.8) is 0 Å².